The number of carboxylic acid groups (broad SMARTS) is 1. The van der Waals surface area contributed by atoms with E-state index in [1.165, 1.54) is 0 Å². The molecule has 5 heteroatoms. The van der Waals surface area contributed by atoms with E-state index in [-0.39, 0.29) is 6.42 Å². The summed E-state index contributed by atoms with van der Waals surface area (Å²) in [6, 6.07) is 5.46. The monoisotopic (exact) mass is 341 g/mol. The van der Waals surface area contributed by atoms with Crippen LogP contribution in [0.15, 0.2) is 22.7 Å². The van der Waals surface area contributed by atoms with E-state index in [9.17, 15) is 9.90 Å². The molecule has 0 amide bonds. The van der Waals surface area contributed by atoms with Gasteiger partial charge in [-0.3, -0.25) is 9.69 Å². The number of benzene rings is 1. The highest BCUT2D eigenvalue weighted by Gasteiger charge is 2.21. The molecule has 1 heterocycles. The Balaban J connectivity index is 1.92. The van der Waals surface area contributed by atoms with Crippen LogP contribution in [0.25, 0.3) is 0 Å². The van der Waals surface area contributed by atoms with Gasteiger partial charge in [-0.1, -0.05) is 15.9 Å². The summed E-state index contributed by atoms with van der Waals surface area (Å²) in [6.45, 7) is 2.64. The molecule has 110 valence electrons. The van der Waals surface area contributed by atoms with Crippen molar-refractivity contribution in [3.8, 4) is 5.75 Å². The number of halogens is 1. The molecular formula is C15H20BrNO3. The summed E-state index contributed by atoms with van der Waals surface area (Å²) in [7, 11) is 0. The van der Waals surface area contributed by atoms with Gasteiger partial charge in [0.05, 0.1) is 0 Å². The summed E-state index contributed by atoms with van der Waals surface area (Å²) >= 11 is 3.42. The van der Waals surface area contributed by atoms with Crippen molar-refractivity contribution in [3.05, 3.63) is 28.2 Å². The molecular weight excluding hydrogens is 322 g/mol. The summed E-state index contributed by atoms with van der Waals surface area (Å²) in [5, 5.41) is 18.6. The lowest BCUT2D eigenvalue weighted by Gasteiger charge is -2.32. The fourth-order valence-corrected chi connectivity index (χ4v) is 3.19. The zero-order valence-corrected chi connectivity index (χ0v) is 13.0. The highest BCUT2D eigenvalue weighted by molar-refractivity contribution is 9.10. The van der Waals surface area contributed by atoms with Gasteiger partial charge in [-0.25, -0.2) is 0 Å². The molecule has 0 aliphatic carbocycles. The van der Waals surface area contributed by atoms with Crippen molar-refractivity contribution in [2.75, 3.05) is 13.1 Å². The third-order valence-electron chi connectivity index (χ3n) is 3.81. The van der Waals surface area contributed by atoms with Crippen molar-refractivity contribution < 1.29 is 15.0 Å². The second-order valence-electron chi connectivity index (χ2n) is 5.45. The van der Waals surface area contributed by atoms with Gasteiger partial charge in [0.1, 0.15) is 5.75 Å². The number of carboxylic acids is 1. The van der Waals surface area contributed by atoms with Gasteiger partial charge in [0.2, 0.25) is 0 Å². The Morgan fingerprint density at radius 3 is 3.00 bits per heavy atom. The van der Waals surface area contributed by atoms with Crippen molar-refractivity contribution in [3.63, 3.8) is 0 Å². The second-order valence-corrected chi connectivity index (χ2v) is 6.36. The molecule has 2 rings (SSSR count). The number of phenolic OH excluding ortho intramolecular Hbond substituents is 1. The van der Waals surface area contributed by atoms with Crippen molar-refractivity contribution in [2.45, 2.75) is 32.2 Å². The van der Waals surface area contributed by atoms with Gasteiger partial charge in [0, 0.05) is 29.5 Å². The van der Waals surface area contributed by atoms with Crippen molar-refractivity contribution >= 4 is 21.9 Å². The summed E-state index contributed by atoms with van der Waals surface area (Å²) in [5.41, 5.74) is 0.915. The minimum Gasteiger partial charge on any atom is -0.508 e. The predicted octanol–water partition coefficient (Wildman–Crippen LogP) is 3.23. The summed E-state index contributed by atoms with van der Waals surface area (Å²) < 4.78 is 0.963. The van der Waals surface area contributed by atoms with Crippen LogP contribution in [0.3, 0.4) is 0 Å². The smallest absolute Gasteiger partial charge is 0.303 e. The number of phenols is 1. The molecule has 0 bridgehead atoms. The van der Waals surface area contributed by atoms with Crippen LogP contribution in [-0.4, -0.2) is 34.2 Å². The van der Waals surface area contributed by atoms with E-state index in [2.05, 4.69) is 20.8 Å². The number of rotatable bonds is 5. The molecule has 1 aliphatic heterocycles. The van der Waals surface area contributed by atoms with Gasteiger partial charge in [-0.05, 0) is 49.9 Å². The molecule has 2 N–H and O–H groups in total. The Bertz CT molecular complexity index is 478. The molecule has 1 fully saturated rings. The van der Waals surface area contributed by atoms with Crippen molar-refractivity contribution in [2.24, 2.45) is 5.92 Å². The molecule has 0 spiro atoms. The average Bonchev–Trinajstić information content (AvgIpc) is 2.41. The largest absolute Gasteiger partial charge is 0.508 e. The first-order valence-corrected chi connectivity index (χ1v) is 7.75. The highest BCUT2D eigenvalue weighted by Crippen LogP contribution is 2.27. The fraction of sp³-hybridized carbons (Fsp3) is 0.533. The first-order valence-electron chi connectivity index (χ1n) is 6.96. The molecule has 0 aromatic heterocycles. The van der Waals surface area contributed by atoms with Crippen LogP contribution >= 0.6 is 15.9 Å². The van der Waals surface area contributed by atoms with Crippen LogP contribution in [0.2, 0.25) is 0 Å². The Hall–Kier alpha value is -1.07. The number of carbonyl (C=O) groups is 1. The topological polar surface area (TPSA) is 60.8 Å². The number of piperidine rings is 1. The average molecular weight is 342 g/mol. The van der Waals surface area contributed by atoms with Crippen LogP contribution in [0.4, 0.5) is 0 Å². The zero-order valence-electron chi connectivity index (χ0n) is 11.4. The normalized spacial score (nSPS) is 19.9. The van der Waals surface area contributed by atoms with Gasteiger partial charge in [-0.2, -0.15) is 0 Å². The van der Waals surface area contributed by atoms with Gasteiger partial charge < -0.3 is 10.2 Å². The van der Waals surface area contributed by atoms with Crippen LogP contribution in [0, 0.1) is 5.92 Å². The van der Waals surface area contributed by atoms with Gasteiger partial charge in [0.25, 0.3) is 0 Å². The molecule has 1 unspecified atom stereocenters. The molecule has 0 saturated carbocycles. The quantitative estimate of drug-likeness (QED) is 0.863. The number of nitrogens with zero attached hydrogens (tertiary/aromatic N) is 1. The number of aliphatic carboxylic acids is 1. The molecule has 1 aromatic rings. The fourth-order valence-electron chi connectivity index (χ4n) is 2.78. The Kier molecular flexibility index (Phi) is 5.43. The maximum Gasteiger partial charge on any atom is 0.303 e. The molecule has 20 heavy (non-hydrogen) atoms. The number of hydrogen-bond donors (Lipinski definition) is 2. The summed E-state index contributed by atoms with van der Waals surface area (Å²) in [6.07, 6.45) is 3.20. The van der Waals surface area contributed by atoms with Crippen LogP contribution in [-0.2, 0) is 11.3 Å². The Labute approximate surface area is 127 Å². The minimum absolute atomic E-state index is 0.251. The first kappa shape index (κ1) is 15.3. The van der Waals surface area contributed by atoms with E-state index in [0.29, 0.717) is 11.7 Å². The number of likely N-dealkylation sites (tertiary alicyclic amines) is 1. The molecule has 1 aliphatic rings. The van der Waals surface area contributed by atoms with Crippen molar-refractivity contribution in [1.82, 2.24) is 4.90 Å². The maximum atomic E-state index is 10.6. The molecule has 1 atom stereocenters. The number of aromatic hydroxyl groups is 1. The van der Waals surface area contributed by atoms with E-state index in [0.717, 1.165) is 48.9 Å². The van der Waals surface area contributed by atoms with Crippen LogP contribution < -0.4 is 0 Å². The summed E-state index contributed by atoms with van der Waals surface area (Å²) in [4.78, 5) is 12.9. The summed E-state index contributed by atoms with van der Waals surface area (Å²) in [5.74, 6) is 0.0572. The lowest BCUT2D eigenvalue weighted by atomic mass is 9.93. The van der Waals surface area contributed by atoms with E-state index in [1.807, 2.05) is 12.1 Å². The third kappa shape index (κ3) is 4.49. The molecule has 4 nitrogen and oxygen atoms in total. The van der Waals surface area contributed by atoms with E-state index in [4.69, 9.17) is 5.11 Å². The van der Waals surface area contributed by atoms with Crippen LogP contribution in [0.5, 0.6) is 5.75 Å². The maximum absolute atomic E-state index is 10.6. The second kappa shape index (κ2) is 7.09. The van der Waals surface area contributed by atoms with Crippen LogP contribution in [0.1, 0.15) is 31.2 Å². The minimum atomic E-state index is -0.716. The van der Waals surface area contributed by atoms with Gasteiger partial charge in [0.15, 0.2) is 0 Å². The first-order chi connectivity index (χ1) is 9.54. The van der Waals surface area contributed by atoms with Gasteiger partial charge in [-0.15, -0.1) is 0 Å². The zero-order chi connectivity index (χ0) is 14.5. The molecule has 0 radical (unpaired) electrons. The van der Waals surface area contributed by atoms with Crippen molar-refractivity contribution in [1.29, 1.82) is 0 Å². The molecule has 1 aromatic carbocycles. The van der Waals surface area contributed by atoms with E-state index in [1.54, 1.807) is 6.07 Å². The Morgan fingerprint density at radius 2 is 2.25 bits per heavy atom. The third-order valence-corrected chi connectivity index (χ3v) is 4.30. The highest BCUT2D eigenvalue weighted by atomic mass is 79.9. The lowest BCUT2D eigenvalue weighted by Crippen LogP contribution is -2.35. The van der Waals surface area contributed by atoms with E-state index >= 15 is 0 Å². The van der Waals surface area contributed by atoms with Gasteiger partial charge >= 0.3 is 5.97 Å². The standard InChI is InChI=1S/C15H20BrNO3/c16-13-4-5-14(18)12(8-13)10-17-7-1-2-11(9-17)3-6-15(19)20/h4-5,8,11,18H,1-3,6-7,9-10H2,(H,19,20). The molecule has 1 saturated heterocycles. The van der Waals surface area contributed by atoms with E-state index < -0.39 is 5.97 Å². The number of hydrogen-bond acceptors (Lipinski definition) is 3. The Morgan fingerprint density at radius 1 is 1.45 bits per heavy atom. The lowest BCUT2D eigenvalue weighted by molar-refractivity contribution is -0.137. The predicted molar refractivity (Wildman–Crippen MR) is 80.7 cm³/mol. The SMILES string of the molecule is O=C(O)CCC1CCCN(Cc2cc(Br)ccc2O)C1.